The predicted octanol–water partition coefficient (Wildman–Crippen LogP) is 13.7. The van der Waals surface area contributed by atoms with Gasteiger partial charge >= 0.3 is 0 Å². The van der Waals surface area contributed by atoms with E-state index >= 15 is 0 Å². The Bertz CT molecular complexity index is 4410. The van der Waals surface area contributed by atoms with E-state index in [1.165, 1.54) is 5.56 Å². The second kappa shape index (κ2) is 21.3. The first-order valence-electron chi connectivity index (χ1n) is 30.4. The van der Waals surface area contributed by atoms with Gasteiger partial charge in [-0.3, -0.25) is 34.1 Å². The van der Waals surface area contributed by atoms with Crippen LogP contribution in [0.2, 0.25) is 0 Å². The van der Waals surface area contributed by atoms with Crippen molar-refractivity contribution in [3.05, 3.63) is 222 Å². The maximum atomic E-state index is 13.5. The van der Waals surface area contributed by atoms with Crippen LogP contribution in [0.5, 0.6) is 0 Å². The van der Waals surface area contributed by atoms with E-state index in [4.69, 9.17) is 4.98 Å². The van der Waals surface area contributed by atoms with E-state index in [2.05, 4.69) is 108 Å². The summed E-state index contributed by atoms with van der Waals surface area (Å²) in [6.07, 6.45) is 12.7. The summed E-state index contributed by atoms with van der Waals surface area (Å²) < 4.78 is 0. The monoisotopic (exact) mass is 1200 g/mol. The Labute approximate surface area is 531 Å². The summed E-state index contributed by atoms with van der Waals surface area (Å²) >= 11 is 0. The molecule has 456 valence electrons. The lowest BCUT2D eigenvalue weighted by molar-refractivity contribution is -0.122. The zero-order chi connectivity index (χ0) is 64.5. The van der Waals surface area contributed by atoms with Crippen LogP contribution in [-0.2, 0) is 49.3 Å². The first-order chi connectivity index (χ1) is 43.1. The van der Waals surface area contributed by atoms with Gasteiger partial charge in [0, 0.05) is 108 Å². The minimum Gasteiger partial charge on any atom is -0.375 e. The number of aryl methyl sites for hydroxylation is 3. The van der Waals surface area contributed by atoms with Crippen LogP contribution in [0.4, 0.5) is 34.3 Å². The van der Waals surface area contributed by atoms with E-state index in [9.17, 15) is 14.4 Å². The molecule has 91 heavy (non-hydrogen) atoms. The summed E-state index contributed by atoms with van der Waals surface area (Å²) in [5.74, 6) is 2.91. The number of aromatic nitrogens is 8. The van der Waals surface area contributed by atoms with Gasteiger partial charge in [-0.05, 0) is 158 Å². The number of carbonyl (C=O) groups is 3. The number of carbonyl (C=O) groups excluding carboxylic acids is 3. The largest absolute Gasteiger partial charge is 0.375 e. The van der Waals surface area contributed by atoms with Crippen molar-refractivity contribution in [2.45, 2.75) is 111 Å². The van der Waals surface area contributed by atoms with Crippen molar-refractivity contribution in [2.24, 2.45) is 0 Å². The molecule has 0 unspecified atom stereocenters. The molecule has 0 saturated heterocycles. The van der Waals surface area contributed by atoms with E-state index in [-0.39, 0.29) is 23.3 Å². The van der Waals surface area contributed by atoms with E-state index < -0.39 is 16.2 Å². The average molecular weight is 1210 g/mol. The van der Waals surface area contributed by atoms with Crippen LogP contribution in [0.3, 0.4) is 0 Å². The van der Waals surface area contributed by atoms with Crippen molar-refractivity contribution >= 4 is 69.1 Å². The van der Waals surface area contributed by atoms with Crippen LogP contribution in [0, 0.1) is 20.8 Å². The lowest BCUT2D eigenvalue weighted by Gasteiger charge is -2.22. The van der Waals surface area contributed by atoms with E-state index in [0.29, 0.717) is 5.82 Å². The Kier molecular flexibility index (Phi) is 13.9. The maximum Gasteiger partial charge on any atom is 0.242 e. The molecular formula is C74H72N14O3. The van der Waals surface area contributed by atoms with Crippen LogP contribution in [0.1, 0.15) is 123 Å². The summed E-state index contributed by atoms with van der Waals surface area (Å²) in [6, 6.07) is 30.6. The third-order valence-corrected chi connectivity index (χ3v) is 18.7. The van der Waals surface area contributed by atoms with Crippen LogP contribution in [0.15, 0.2) is 154 Å². The Balaban J connectivity index is 0.000000125. The minimum absolute atomic E-state index is 0.00286. The Morgan fingerprint density at radius 2 is 0.835 bits per heavy atom. The topological polar surface area (TPSA) is 183 Å². The van der Waals surface area contributed by atoms with Crippen molar-refractivity contribution < 1.29 is 14.4 Å². The summed E-state index contributed by atoms with van der Waals surface area (Å²) in [5, 5.41) is 3.38. The van der Waals surface area contributed by atoms with Crippen LogP contribution < -0.4 is 20.0 Å². The molecule has 6 aliphatic rings. The third-order valence-electron chi connectivity index (χ3n) is 18.7. The molecule has 11 heterocycles. The second-order valence-corrected chi connectivity index (χ2v) is 26.5. The van der Waals surface area contributed by atoms with Gasteiger partial charge in [0.25, 0.3) is 0 Å². The molecule has 3 amide bonds. The molecule has 0 bridgehead atoms. The molecule has 15 rings (SSSR count). The number of pyridine rings is 2. The summed E-state index contributed by atoms with van der Waals surface area (Å²) in [6.45, 7) is 35.7. The van der Waals surface area contributed by atoms with Crippen molar-refractivity contribution in [1.82, 2.24) is 55.0 Å². The molecule has 0 spiro atoms. The van der Waals surface area contributed by atoms with Gasteiger partial charge in [0.2, 0.25) is 17.7 Å². The Morgan fingerprint density at radius 1 is 0.429 bits per heavy atom. The highest BCUT2D eigenvalue weighted by atomic mass is 16.2. The van der Waals surface area contributed by atoms with Gasteiger partial charge in [0.1, 0.15) is 23.3 Å². The van der Waals surface area contributed by atoms with Gasteiger partial charge in [-0.1, -0.05) is 68.3 Å². The number of hydrogen-bond donors (Lipinski definition) is 1. The molecule has 0 atom stereocenters. The lowest BCUT2D eigenvalue weighted by atomic mass is 9.85. The minimum atomic E-state index is -0.646. The number of fused-ring (bicyclic) bond motifs is 6. The van der Waals surface area contributed by atoms with Gasteiger partial charge in [-0.25, -0.2) is 34.9 Å². The number of anilines is 6. The number of nitrogens with zero attached hydrogens (tertiary/aromatic N) is 13. The normalized spacial score (nSPS) is 17.2. The van der Waals surface area contributed by atoms with Crippen LogP contribution >= 0.6 is 0 Å². The van der Waals surface area contributed by atoms with Crippen molar-refractivity contribution in [2.75, 3.05) is 28.8 Å². The number of nitrogens with one attached hydrogen (secondary N) is 1. The van der Waals surface area contributed by atoms with Gasteiger partial charge in [-0.15, -0.1) is 0 Å². The van der Waals surface area contributed by atoms with Crippen LogP contribution in [-0.4, -0.2) is 81.5 Å². The standard InChI is InChI=1S/C25H25N5O.C25H24N4O.C24H23N5O/c1-14-22-19(25(5,6)29-14)9-10-21(28-22)30-20-11-16(17-12-26-15(2)27-13-17)7-8-18(20)24(3,4)23(30)31;1-15-21-11-20(8-6-18(21)14-28(15)5)29-23-10-17(19-12-26-16(2)27-13-19)7-9-22(23)25(3,4)24(29)30;1-14-19-9-18(12-27-21(19)13-28(14)5)29-22-8-16(17-10-25-15(2)26-11-17)6-7-20(22)24(3,4)23(29)30/h7-13,29H,1H2,2-6H3;6-13H,1,14H2,2-5H3;6-12H,1,13H2,2-5H3. The summed E-state index contributed by atoms with van der Waals surface area (Å²) in [7, 11) is 4.04. The van der Waals surface area contributed by atoms with Gasteiger partial charge < -0.3 is 15.1 Å². The molecular weight excluding hydrogens is 1130 g/mol. The van der Waals surface area contributed by atoms with Crippen LogP contribution in [0.25, 0.3) is 50.5 Å². The zero-order valence-electron chi connectivity index (χ0n) is 53.8. The molecule has 5 aromatic heterocycles. The molecule has 17 heteroatoms. The first-order valence-corrected chi connectivity index (χ1v) is 30.4. The number of benzene rings is 4. The quantitative estimate of drug-likeness (QED) is 0.166. The van der Waals surface area contributed by atoms with E-state index in [0.717, 1.165) is 154 Å². The molecule has 0 fully saturated rings. The molecule has 1 N–H and O–H groups in total. The number of hydrogen-bond acceptors (Lipinski definition) is 14. The molecule has 17 nitrogen and oxygen atoms in total. The highest BCUT2D eigenvalue weighted by Gasteiger charge is 2.48. The fourth-order valence-corrected chi connectivity index (χ4v) is 13.1. The zero-order valence-corrected chi connectivity index (χ0v) is 53.8. The molecule has 4 aromatic carbocycles. The third kappa shape index (κ3) is 9.81. The van der Waals surface area contributed by atoms with Gasteiger partial charge in [-0.2, -0.15) is 0 Å². The maximum absolute atomic E-state index is 13.5. The molecule has 0 saturated carbocycles. The molecule has 9 aromatic rings. The summed E-state index contributed by atoms with van der Waals surface area (Å²) in [5.41, 5.74) is 19.8. The summed E-state index contributed by atoms with van der Waals surface area (Å²) in [4.78, 5) is 85.4. The number of rotatable bonds is 6. The van der Waals surface area contributed by atoms with Gasteiger partial charge in [0.05, 0.1) is 74.4 Å². The molecule has 0 radical (unpaired) electrons. The number of amides is 3. The highest BCUT2D eigenvalue weighted by Crippen LogP contribution is 2.51. The predicted molar refractivity (Wildman–Crippen MR) is 358 cm³/mol. The van der Waals surface area contributed by atoms with Gasteiger partial charge in [0.15, 0.2) is 0 Å². The molecule has 6 aliphatic heterocycles. The lowest BCUT2D eigenvalue weighted by Crippen LogP contribution is -2.33. The first kappa shape index (κ1) is 59.4. The molecule has 0 aliphatic carbocycles. The fraction of sp³-hybridized carbons (Fsp3) is 0.257. The van der Waals surface area contributed by atoms with E-state index in [1.807, 2.05) is 185 Å². The van der Waals surface area contributed by atoms with E-state index in [1.54, 1.807) is 16.0 Å². The van der Waals surface area contributed by atoms with Crippen molar-refractivity contribution in [3.63, 3.8) is 0 Å². The SMILES string of the molecule is C=C1NC(C)(C)c2ccc(N3C(=O)C(C)(C)c4ccc(-c5cnc(C)nc5)cc43)nc21.C=C1c2cc(N3C(=O)C(C)(C)c4ccc(-c5cnc(C)nc5)cc43)ccc2CN1C.C=C1c2cc(N3C(=O)C(C)(C)c4ccc(-c5cnc(C)nc5)cc43)cnc2CN1C. The van der Waals surface area contributed by atoms with Crippen molar-refractivity contribution in [3.8, 4) is 33.4 Å². The average Bonchev–Trinajstić information content (AvgIpc) is 1.60. The Morgan fingerprint density at radius 3 is 1.32 bits per heavy atom. The Hall–Kier alpha value is -10.6. The smallest absolute Gasteiger partial charge is 0.242 e. The van der Waals surface area contributed by atoms with Crippen molar-refractivity contribution in [1.29, 1.82) is 0 Å². The fourth-order valence-electron chi connectivity index (χ4n) is 13.1. The second-order valence-electron chi connectivity index (χ2n) is 26.5. The highest BCUT2D eigenvalue weighted by molar-refractivity contribution is 6.15.